The van der Waals surface area contributed by atoms with Crippen LogP contribution in [0.2, 0.25) is 0 Å². The number of methoxy groups -OCH3 is 2. The summed E-state index contributed by atoms with van der Waals surface area (Å²) in [5.74, 6) is -0.0641. The third-order valence-corrected chi connectivity index (χ3v) is 6.54. The number of hydrogen-bond donors (Lipinski definition) is 1. The van der Waals surface area contributed by atoms with Gasteiger partial charge in [-0.15, -0.1) is 12.4 Å². The Bertz CT molecular complexity index is 935. The SMILES string of the molecule is COC(=O)c1ccccc1S(=O)(=O)N1CCNCC1c1ccccc1OC.Cl. The molecule has 0 bridgehead atoms. The smallest absolute Gasteiger partial charge is 0.339 e. The summed E-state index contributed by atoms with van der Waals surface area (Å²) in [4.78, 5) is 12.0. The second kappa shape index (κ2) is 9.38. The molecule has 1 aliphatic rings. The zero-order chi connectivity index (χ0) is 19.4. The van der Waals surface area contributed by atoms with Crippen LogP contribution in [0.1, 0.15) is 22.0 Å². The number of rotatable bonds is 5. The van der Waals surface area contributed by atoms with Gasteiger partial charge >= 0.3 is 5.97 Å². The van der Waals surface area contributed by atoms with Crippen molar-refractivity contribution in [2.24, 2.45) is 0 Å². The van der Waals surface area contributed by atoms with E-state index < -0.39 is 22.0 Å². The van der Waals surface area contributed by atoms with Crippen LogP contribution in [-0.2, 0) is 14.8 Å². The fraction of sp³-hybridized carbons (Fsp3) is 0.316. The maximum Gasteiger partial charge on any atom is 0.339 e. The molecule has 1 aliphatic heterocycles. The summed E-state index contributed by atoms with van der Waals surface area (Å²) in [5.41, 5.74) is 0.795. The van der Waals surface area contributed by atoms with Gasteiger partial charge in [0.25, 0.3) is 0 Å². The first-order chi connectivity index (χ1) is 13.0. The van der Waals surface area contributed by atoms with Gasteiger partial charge in [0.1, 0.15) is 5.75 Å². The molecular formula is C19H23ClN2O5S. The maximum atomic E-state index is 13.5. The van der Waals surface area contributed by atoms with Crippen LogP contribution in [0, 0.1) is 0 Å². The van der Waals surface area contributed by atoms with Crippen LogP contribution < -0.4 is 10.1 Å². The number of esters is 1. The van der Waals surface area contributed by atoms with Crippen LogP contribution in [0.3, 0.4) is 0 Å². The molecular weight excluding hydrogens is 404 g/mol. The third kappa shape index (κ3) is 4.15. The molecule has 1 saturated heterocycles. The summed E-state index contributed by atoms with van der Waals surface area (Å²) in [6.45, 7) is 1.24. The van der Waals surface area contributed by atoms with E-state index in [1.807, 2.05) is 18.2 Å². The van der Waals surface area contributed by atoms with Crippen molar-refractivity contribution in [3.63, 3.8) is 0 Å². The highest BCUT2D eigenvalue weighted by Crippen LogP contribution is 2.34. The molecule has 0 saturated carbocycles. The molecule has 1 heterocycles. The van der Waals surface area contributed by atoms with Crippen LogP contribution in [0.5, 0.6) is 5.75 Å². The summed E-state index contributed by atoms with van der Waals surface area (Å²) in [6.07, 6.45) is 0. The molecule has 2 aromatic carbocycles. The van der Waals surface area contributed by atoms with Crippen LogP contribution in [0.25, 0.3) is 0 Å². The molecule has 1 unspecified atom stereocenters. The summed E-state index contributed by atoms with van der Waals surface area (Å²) >= 11 is 0. The number of carbonyl (C=O) groups excluding carboxylic acids is 1. The predicted octanol–water partition coefficient (Wildman–Crippen LogP) is 2.24. The van der Waals surface area contributed by atoms with E-state index in [1.165, 1.54) is 23.5 Å². The molecule has 0 aromatic heterocycles. The molecule has 0 spiro atoms. The minimum atomic E-state index is -3.93. The number of nitrogens with one attached hydrogen (secondary N) is 1. The highest BCUT2D eigenvalue weighted by Gasteiger charge is 2.37. The molecule has 3 rings (SSSR count). The molecule has 7 nitrogen and oxygen atoms in total. The summed E-state index contributed by atoms with van der Waals surface area (Å²) in [7, 11) is -1.15. The lowest BCUT2D eigenvalue weighted by atomic mass is 10.0. The highest BCUT2D eigenvalue weighted by atomic mass is 35.5. The van der Waals surface area contributed by atoms with Crippen molar-refractivity contribution in [3.05, 3.63) is 59.7 Å². The lowest BCUT2D eigenvalue weighted by molar-refractivity contribution is 0.0596. The summed E-state index contributed by atoms with van der Waals surface area (Å²) in [5, 5.41) is 3.23. The second-order valence-corrected chi connectivity index (χ2v) is 7.92. The van der Waals surface area contributed by atoms with Crippen molar-refractivity contribution in [1.82, 2.24) is 9.62 Å². The molecule has 2 aromatic rings. The molecule has 9 heteroatoms. The third-order valence-electron chi connectivity index (χ3n) is 4.57. The zero-order valence-corrected chi connectivity index (χ0v) is 17.3. The van der Waals surface area contributed by atoms with Gasteiger partial charge in [0.05, 0.1) is 30.7 Å². The zero-order valence-electron chi connectivity index (χ0n) is 15.6. The van der Waals surface area contributed by atoms with Gasteiger partial charge in [-0.1, -0.05) is 30.3 Å². The first-order valence-electron chi connectivity index (χ1n) is 8.53. The summed E-state index contributed by atoms with van der Waals surface area (Å²) < 4.78 is 38.5. The van der Waals surface area contributed by atoms with Crippen LogP contribution in [0.15, 0.2) is 53.4 Å². The number of nitrogens with zero attached hydrogens (tertiary/aromatic N) is 1. The molecule has 1 N–H and O–H groups in total. The van der Waals surface area contributed by atoms with Gasteiger partial charge in [0, 0.05) is 25.2 Å². The van der Waals surface area contributed by atoms with Gasteiger partial charge in [0.15, 0.2) is 0 Å². The highest BCUT2D eigenvalue weighted by molar-refractivity contribution is 7.89. The molecule has 28 heavy (non-hydrogen) atoms. The van der Waals surface area contributed by atoms with Gasteiger partial charge in [-0.2, -0.15) is 4.31 Å². The van der Waals surface area contributed by atoms with E-state index in [1.54, 1.807) is 25.3 Å². The Balaban J connectivity index is 0.00000280. The van der Waals surface area contributed by atoms with E-state index in [-0.39, 0.29) is 29.4 Å². The van der Waals surface area contributed by atoms with E-state index >= 15 is 0 Å². The number of halogens is 1. The number of benzene rings is 2. The molecule has 0 aliphatic carbocycles. The Morgan fingerprint density at radius 3 is 2.50 bits per heavy atom. The Morgan fingerprint density at radius 2 is 1.79 bits per heavy atom. The Morgan fingerprint density at radius 1 is 1.11 bits per heavy atom. The molecule has 152 valence electrons. The van der Waals surface area contributed by atoms with Gasteiger partial charge in [-0.25, -0.2) is 13.2 Å². The average molecular weight is 427 g/mol. The first kappa shape index (κ1) is 22.2. The molecule has 1 fully saturated rings. The number of para-hydroxylation sites is 1. The van der Waals surface area contributed by atoms with Crippen molar-refractivity contribution in [3.8, 4) is 5.75 Å². The van der Waals surface area contributed by atoms with Crippen molar-refractivity contribution in [2.75, 3.05) is 33.9 Å². The Kier molecular flexibility index (Phi) is 7.42. The standard InChI is InChI=1S/C19H22N2O5S.ClH/c1-25-17-9-5-3-7-14(17)16-13-20-11-12-21(16)27(23,24)18-10-6-4-8-15(18)19(22)26-2;/h3-10,16,20H,11-13H2,1-2H3;1H. The molecule has 0 amide bonds. The second-order valence-electron chi connectivity index (χ2n) is 6.07. The minimum absolute atomic E-state index is 0. The minimum Gasteiger partial charge on any atom is -0.496 e. The normalized spacial score (nSPS) is 17.4. The maximum absolute atomic E-state index is 13.5. The van der Waals surface area contributed by atoms with Crippen molar-refractivity contribution < 1.29 is 22.7 Å². The van der Waals surface area contributed by atoms with E-state index in [4.69, 9.17) is 9.47 Å². The lowest BCUT2D eigenvalue weighted by Crippen LogP contribution is -2.48. The largest absolute Gasteiger partial charge is 0.496 e. The predicted molar refractivity (Wildman–Crippen MR) is 108 cm³/mol. The average Bonchev–Trinajstić information content (AvgIpc) is 2.73. The van der Waals surface area contributed by atoms with Gasteiger partial charge < -0.3 is 14.8 Å². The van der Waals surface area contributed by atoms with Crippen LogP contribution in [-0.4, -0.2) is 52.5 Å². The number of ether oxygens (including phenoxy) is 2. The Labute approximate surface area is 171 Å². The van der Waals surface area contributed by atoms with Crippen molar-refractivity contribution >= 4 is 28.4 Å². The van der Waals surface area contributed by atoms with Crippen molar-refractivity contribution in [2.45, 2.75) is 10.9 Å². The number of piperazine rings is 1. The van der Waals surface area contributed by atoms with Crippen LogP contribution in [0.4, 0.5) is 0 Å². The number of hydrogen-bond acceptors (Lipinski definition) is 6. The number of sulfonamides is 1. The Hall–Kier alpha value is -2.13. The van der Waals surface area contributed by atoms with Gasteiger partial charge in [-0.05, 0) is 18.2 Å². The van der Waals surface area contributed by atoms with Gasteiger partial charge in [-0.3, -0.25) is 0 Å². The van der Waals surface area contributed by atoms with Crippen molar-refractivity contribution in [1.29, 1.82) is 0 Å². The van der Waals surface area contributed by atoms with Crippen LogP contribution >= 0.6 is 12.4 Å². The monoisotopic (exact) mass is 426 g/mol. The number of carbonyl (C=O) groups is 1. The van der Waals surface area contributed by atoms with E-state index in [0.29, 0.717) is 18.8 Å². The van der Waals surface area contributed by atoms with E-state index in [0.717, 1.165) is 5.56 Å². The quantitative estimate of drug-likeness (QED) is 0.738. The fourth-order valence-corrected chi connectivity index (χ4v) is 5.06. The summed E-state index contributed by atoms with van der Waals surface area (Å²) in [6, 6.07) is 13.0. The lowest BCUT2D eigenvalue weighted by Gasteiger charge is -2.36. The fourth-order valence-electron chi connectivity index (χ4n) is 3.28. The van der Waals surface area contributed by atoms with E-state index in [9.17, 15) is 13.2 Å². The first-order valence-corrected chi connectivity index (χ1v) is 9.97. The van der Waals surface area contributed by atoms with Gasteiger partial charge in [0.2, 0.25) is 10.0 Å². The topological polar surface area (TPSA) is 84.9 Å². The molecule has 1 atom stereocenters. The molecule has 0 radical (unpaired) electrons. The van der Waals surface area contributed by atoms with E-state index in [2.05, 4.69) is 5.32 Å².